The Balaban J connectivity index is 0.907. The molecular formula is C60H35N3. The molecule has 0 aliphatic heterocycles. The molecule has 0 radical (unpaired) electrons. The maximum atomic E-state index is 10.2. The van der Waals surface area contributed by atoms with E-state index in [9.17, 15) is 5.26 Å². The Morgan fingerprint density at radius 3 is 1.62 bits per heavy atom. The van der Waals surface area contributed by atoms with Crippen molar-refractivity contribution in [2.75, 3.05) is 0 Å². The molecule has 11 aromatic carbocycles. The topological polar surface area (TPSA) is 41.6 Å². The standard InChI is InChI=1S/C60H35N3/c61-36-43-29-33-53-58-46(43)30-31-52-45(32-34-54(59(52)58)63(53)55-20-8-12-42-13-9-35-62-60(42)55)40-25-21-37(22-26-40)38-23-27-41(28-24-38)56-48-15-3-5-17-50(48)57(51-18-6-4-16-49(51)56)47-19-7-11-39-10-1-2-14-44(39)47/h1-35H. The molecule has 0 spiro atoms. The molecule has 3 nitrogen and oxygen atoms in total. The summed E-state index contributed by atoms with van der Waals surface area (Å²) in [6.07, 6.45) is 1.86. The van der Waals surface area contributed by atoms with Gasteiger partial charge in [0.2, 0.25) is 0 Å². The summed E-state index contributed by atoms with van der Waals surface area (Å²) in [6, 6.07) is 76.9. The average molecular weight is 798 g/mol. The number of hydrogen-bond acceptors (Lipinski definition) is 2. The van der Waals surface area contributed by atoms with Gasteiger partial charge in [-0.3, -0.25) is 4.98 Å². The molecule has 0 atom stereocenters. The van der Waals surface area contributed by atoms with Crippen molar-refractivity contribution in [1.82, 2.24) is 9.55 Å². The Morgan fingerprint density at radius 2 is 0.905 bits per heavy atom. The highest BCUT2D eigenvalue weighted by Gasteiger charge is 2.22. The zero-order valence-corrected chi connectivity index (χ0v) is 34.0. The van der Waals surface area contributed by atoms with Gasteiger partial charge in [-0.25, -0.2) is 0 Å². The number of pyridine rings is 1. The average Bonchev–Trinajstić information content (AvgIpc) is 3.69. The number of aromatic nitrogens is 2. The Bertz CT molecular complexity index is 3950. The normalized spacial score (nSPS) is 11.8. The molecule has 0 N–H and O–H groups in total. The van der Waals surface area contributed by atoms with Gasteiger partial charge in [0.05, 0.1) is 33.9 Å². The second-order valence-electron chi connectivity index (χ2n) is 16.5. The molecule has 0 saturated heterocycles. The molecule has 0 fully saturated rings. The second-order valence-corrected chi connectivity index (χ2v) is 16.5. The molecule has 0 saturated carbocycles. The maximum Gasteiger partial charge on any atom is 0.0998 e. The van der Waals surface area contributed by atoms with Crippen LogP contribution in [0.15, 0.2) is 212 Å². The third-order valence-corrected chi connectivity index (χ3v) is 13.3. The van der Waals surface area contributed by atoms with Crippen molar-refractivity contribution in [3.05, 3.63) is 218 Å². The lowest BCUT2D eigenvalue weighted by Crippen LogP contribution is -1.96. The molecule has 13 aromatic rings. The monoisotopic (exact) mass is 797 g/mol. The van der Waals surface area contributed by atoms with Gasteiger partial charge in [-0.1, -0.05) is 176 Å². The van der Waals surface area contributed by atoms with Crippen molar-refractivity contribution in [3.8, 4) is 56.3 Å². The minimum absolute atomic E-state index is 0.680. The van der Waals surface area contributed by atoms with E-state index in [1.807, 2.05) is 18.3 Å². The number of para-hydroxylation sites is 1. The predicted molar refractivity (Wildman–Crippen MR) is 264 cm³/mol. The van der Waals surface area contributed by atoms with Crippen LogP contribution < -0.4 is 0 Å². The molecule has 2 aromatic heterocycles. The molecule has 0 unspecified atom stereocenters. The van der Waals surface area contributed by atoms with Crippen LogP contribution in [0.3, 0.4) is 0 Å². The van der Waals surface area contributed by atoms with Crippen LogP contribution in [0.5, 0.6) is 0 Å². The molecule has 2 heterocycles. The minimum Gasteiger partial charge on any atom is -0.307 e. The first-order chi connectivity index (χ1) is 31.2. The van der Waals surface area contributed by atoms with Crippen LogP contribution >= 0.6 is 0 Å². The highest BCUT2D eigenvalue weighted by Crippen LogP contribution is 2.47. The van der Waals surface area contributed by atoms with Crippen LogP contribution in [0, 0.1) is 11.3 Å². The van der Waals surface area contributed by atoms with Gasteiger partial charge >= 0.3 is 0 Å². The lowest BCUT2D eigenvalue weighted by Gasteiger charge is -2.19. The summed E-state index contributed by atoms with van der Waals surface area (Å²) in [5.74, 6) is 0. The largest absolute Gasteiger partial charge is 0.307 e. The summed E-state index contributed by atoms with van der Waals surface area (Å²) in [5.41, 5.74) is 14.5. The summed E-state index contributed by atoms with van der Waals surface area (Å²) in [5, 5.41) is 23.2. The number of benzene rings is 11. The zero-order chi connectivity index (χ0) is 41.6. The molecule has 0 bridgehead atoms. The van der Waals surface area contributed by atoms with E-state index in [4.69, 9.17) is 4.98 Å². The summed E-state index contributed by atoms with van der Waals surface area (Å²) >= 11 is 0. The Hall–Kier alpha value is -8.58. The lowest BCUT2D eigenvalue weighted by atomic mass is 9.84. The molecule has 3 heteroatoms. The lowest BCUT2D eigenvalue weighted by molar-refractivity contribution is 1.18. The van der Waals surface area contributed by atoms with Gasteiger partial charge in [0.25, 0.3) is 0 Å². The molecule has 13 rings (SSSR count). The molecule has 63 heavy (non-hydrogen) atoms. The van der Waals surface area contributed by atoms with Crippen LogP contribution in [0.4, 0.5) is 0 Å². The number of nitriles is 1. The molecule has 290 valence electrons. The van der Waals surface area contributed by atoms with E-state index in [1.165, 1.54) is 60.1 Å². The SMILES string of the molecule is N#Cc1ccc2c3c1ccc1c(-c4ccc(-c5ccc(-c6c7ccccc7c(-c7cccc8ccccc78)c7ccccc67)cc5)cc4)ccc(c13)n2-c1cccc2cccnc12. The van der Waals surface area contributed by atoms with Crippen LogP contribution in [0.25, 0.3) is 126 Å². The summed E-state index contributed by atoms with van der Waals surface area (Å²) in [6.45, 7) is 0. The predicted octanol–water partition coefficient (Wildman–Crippen LogP) is 15.9. The number of rotatable bonds is 5. The third-order valence-electron chi connectivity index (χ3n) is 13.3. The van der Waals surface area contributed by atoms with Crippen molar-refractivity contribution in [3.63, 3.8) is 0 Å². The van der Waals surface area contributed by atoms with E-state index in [-0.39, 0.29) is 0 Å². The van der Waals surface area contributed by atoms with Gasteiger partial charge in [0.1, 0.15) is 0 Å². The molecule has 0 aliphatic rings. The van der Waals surface area contributed by atoms with Crippen LogP contribution in [-0.4, -0.2) is 9.55 Å². The van der Waals surface area contributed by atoms with Gasteiger partial charge < -0.3 is 4.57 Å². The smallest absolute Gasteiger partial charge is 0.0998 e. The Labute approximate surface area is 363 Å². The summed E-state index contributed by atoms with van der Waals surface area (Å²) in [7, 11) is 0. The maximum absolute atomic E-state index is 10.2. The van der Waals surface area contributed by atoms with E-state index < -0.39 is 0 Å². The number of hydrogen-bond donors (Lipinski definition) is 0. The first-order valence-electron chi connectivity index (χ1n) is 21.4. The van der Waals surface area contributed by atoms with Gasteiger partial charge in [0.15, 0.2) is 0 Å². The van der Waals surface area contributed by atoms with Gasteiger partial charge in [0, 0.05) is 27.7 Å². The van der Waals surface area contributed by atoms with E-state index in [0.29, 0.717) is 5.56 Å². The van der Waals surface area contributed by atoms with Crippen molar-refractivity contribution in [2.24, 2.45) is 0 Å². The highest BCUT2D eigenvalue weighted by atomic mass is 15.0. The zero-order valence-electron chi connectivity index (χ0n) is 34.0. The van der Waals surface area contributed by atoms with Gasteiger partial charge in [-0.05, 0) is 113 Å². The van der Waals surface area contributed by atoms with Crippen molar-refractivity contribution < 1.29 is 0 Å². The van der Waals surface area contributed by atoms with E-state index in [2.05, 4.69) is 205 Å². The van der Waals surface area contributed by atoms with Crippen LogP contribution in [-0.2, 0) is 0 Å². The summed E-state index contributed by atoms with van der Waals surface area (Å²) in [4.78, 5) is 4.82. The van der Waals surface area contributed by atoms with Crippen molar-refractivity contribution >= 4 is 75.8 Å². The van der Waals surface area contributed by atoms with E-state index in [1.54, 1.807) is 0 Å². The molecular weight excluding hydrogens is 763 g/mol. The summed E-state index contributed by atoms with van der Waals surface area (Å²) < 4.78 is 2.32. The fraction of sp³-hybridized carbons (Fsp3) is 0. The first-order valence-corrected chi connectivity index (χ1v) is 21.4. The highest BCUT2D eigenvalue weighted by molar-refractivity contribution is 6.28. The van der Waals surface area contributed by atoms with Crippen molar-refractivity contribution in [2.45, 2.75) is 0 Å². The van der Waals surface area contributed by atoms with Gasteiger partial charge in [-0.2, -0.15) is 5.26 Å². The Kier molecular flexibility index (Phi) is 7.67. The molecule has 0 amide bonds. The fourth-order valence-corrected chi connectivity index (χ4v) is 10.5. The van der Waals surface area contributed by atoms with Crippen LogP contribution in [0.1, 0.15) is 5.56 Å². The quantitative estimate of drug-likeness (QED) is 0.129. The number of fused-ring (bicyclic) bond motifs is 4. The fourth-order valence-electron chi connectivity index (χ4n) is 10.5. The Morgan fingerprint density at radius 1 is 0.365 bits per heavy atom. The second kappa shape index (κ2) is 13.7. The van der Waals surface area contributed by atoms with E-state index >= 15 is 0 Å². The minimum atomic E-state index is 0.680. The van der Waals surface area contributed by atoms with Crippen LogP contribution in [0.2, 0.25) is 0 Å². The molecule has 0 aliphatic carbocycles. The number of nitrogens with zero attached hydrogens (tertiary/aromatic N) is 3. The third kappa shape index (κ3) is 5.22. The first kappa shape index (κ1) is 35.2. The van der Waals surface area contributed by atoms with Gasteiger partial charge in [-0.15, -0.1) is 0 Å². The van der Waals surface area contributed by atoms with E-state index in [0.717, 1.165) is 65.9 Å². The van der Waals surface area contributed by atoms with Crippen molar-refractivity contribution in [1.29, 1.82) is 5.26 Å².